The molecule has 0 aromatic carbocycles. The summed E-state index contributed by atoms with van der Waals surface area (Å²) >= 11 is 0. The van der Waals surface area contributed by atoms with Gasteiger partial charge in [0.2, 0.25) is 5.95 Å². The van der Waals surface area contributed by atoms with E-state index in [-0.39, 0.29) is 29.1 Å². The van der Waals surface area contributed by atoms with Crippen molar-refractivity contribution in [3.63, 3.8) is 0 Å². The molecule has 3 rings (SSSR count). The first kappa shape index (κ1) is 16.2. The van der Waals surface area contributed by atoms with Crippen LogP contribution < -0.4 is 10.6 Å². The van der Waals surface area contributed by atoms with Gasteiger partial charge in [0.15, 0.2) is 9.84 Å². The van der Waals surface area contributed by atoms with Crippen LogP contribution in [-0.4, -0.2) is 47.9 Å². The largest absolute Gasteiger partial charge is 0.351 e. The number of hydrogen-bond acceptors (Lipinski definition) is 6. The Bertz CT molecular complexity index is 671. The van der Waals surface area contributed by atoms with Crippen LogP contribution in [0.3, 0.4) is 0 Å². The molecule has 2 N–H and O–H groups in total. The van der Waals surface area contributed by atoms with E-state index >= 15 is 0 Å². The second kappa shape index (κ2) is 6.82. The third-order valence-corrected chi connectivity index (χ3v) is 6.16. The predicted molar refractivity (Wildman–Crippen MR) is 87.1 cm³/mol. The van der Waals surface area contributed by atoms with Gasteiger partial charge in [0.25, 0.3) is 5.91 Å². The lowest BCUT2D eigenvalue weighted by atomic mass is 9.96. The monoisotopic (exact) mass is 338 g/mol. The smallest absolute Gasteiger partial charge is 0.270 e. The van der Waals surface area contributed by atoms with Gasteiger partial charge in [-0.15, -0.1) is 0 Å². The summed E-state index contributed by atoms with van der Waals surface area (Å²) in [5.74, 6) is 0.262. The van der Waals surface area contributed by atoms with Crippen LogP contribution in [-0.2, 0) is 9.84 Å². The van der Waals surface area contributed by atoms with Crippen molar-refractivity contribution in [2.75, 3.05) is 16.8 Å². The Kier molecular flexibility index (Phi) is 4.79. The summed E-state index contributed by atoms with van der Waals surface area (Å²) < 4.78 is 22.9. The molecule has 1 saturated carbocycles. The molecular weight excluding hydrogens is 316 g/mol. The molecule has 1 aliphatic heterocycles. The minimum atomic E-state index is -3.01. The third kappa shape index (κ3) is 4.40. The molecule has 0 radical (unpaired) electrons. The van der Waals surface area contributed by atoms with Crippen LogP contribution in [0.2, 0.25) is 0 Å². The Hall–Kier alpha value is -1.70. The number of sulfone groups is 1. The van der Waals surface area contributed by atoms with E-state index in [1.807, 2.05) is 0 Å². The Morgan fingerprint density at radius 2 is 1.91 bits per heavy atom. The standard InChI is InChI=1S/C15H22N4O3S/c20-14(17-12-7-9-23(21,22)10-12)13-6-8-16-15(19-13)18-11-4-2-1-3-5-11/h6,8,11-12H,1-5,7,9-10H2,(H,17,20)(H,16,18,19). The maximum atomic E-state index is 12.2. The van der Waals surface area contributed by atoms with Crippen LogP contribution in [0.5, 0.6) is 0 Å². The fourth-order valence-electron chi connectivity index (χ4n) is 3.15. The fourth-order valence-corrected chi connectivity index (χ4v) is 4.83. The highest BCUT2D eigenvalue weighted by atomic mass is 32.2. The minimum Gasteiger partial charge on any atom is -0.351 e. The molecule has 0 bridgehead atoms. The quantitative estimate of drug-likeness (QED) is 0.854. The van der Waals surface area contributed by atoms with Gasteiger partial charge in [0.1, 0.15) is 5.69 Å². The number of anilines is 1. The first-order valence-electron chi connectivity index (χ1n) is 8.13. The molecule has 23 heavy (non-hydrogen) atoms. The van der Waals surface area contributed by atoms with E-state index in [9.17, 15) is 13.2 Å². The molecule has 0 spiro atoms. The number of nitrogens with zero attached hydrogens (tertiary/aromatic N) is 2. The topological polar surface area (TPSA) is 101 Å². The number of rotatable bonds is 4. The van der Waals surface area contributed by atoms with Crippen molar-refractivity contribution in [2.45, 2.75) is 50.6 Å². The van der Waals surface area contributed by atoms with Crippen molar-refractivity contribution >= 4 is 21.7 Å². The van der Waals surface area contributed by atoms with Crippen LogP contribution in [0.15, 0.2) is 12.3 Å². The lowest BCUT2D eigenvalue weighted by Gasteiger charge is -2.22. The number of carbonyl (C=O) groups is 1. The molecule has 7 nitrogen and oxygen atoms in total. The van der Waals surface area contributed by atoms with Crippen molar-refractivity contribution < 1.29 is 13.2 Å². The average molecular weight is 338 g/mol. The molecule has 8 heteroatoms. The number of amides is 1. The zero-order valence-electron chi connectivity index (χ0n) is 13.0. The summed E-state index contributed by atoms with van der Waals surface area (Å²) in [6.45, 7) is 0. The van der Waals surface area contributed by atoms with Gasteiger partial charge in [-0.05, 0) is 25.3 Å². The first-order valence-corrected chi connectivity index (χ1v) is 9.95. The second-order valence-corrected chi connectivity index (χ2v) is 8.55. The molecule has 2 fully saturated rings. The van der Waals surface area contributed by atoms with Crippen LogP contribution in [0.1, 0.15) is 49.0 Å². The van der Waals surface area contributed by atoms with Gasteiger partial charge >= 0.3 is 0 Å². The van der Waals surface area contributed by atoms with E-state index in [4.69, 9.17) is 0 Å². The maximum Gasteiger partial charge on any atom is 0.270 e. The van der Waals surface area contributed by atoms with Crippen molar-refractivity contribution in [1.82, 2.24) is 15.3 Å². The van der Waals surface area contributed by atoms with E-state index in [0.29, 0.717) is 18.4 Å². The van der Waals surface area contributed by atoms with Gasteiger partial charge in [-0.1, -0.05) is 19.3 Å². The first-order chi connectivity index (χ1) is 11.0. The van der Waals surface area contributed by atoms with Gasteiger partial charge in [-0.2, -0.15) is 0 Å². The molecule has 2 heterocycles. The van der Waals surface area contributed by atoms with Gasteiger partial charge in [-0.3, -0.25) is 4.79 Å². The van der Waals surface area contributed by atoms with Gasteiger partial charge in [-0.25, -0.2) is 18.4 Å². The fraction of sp³-hybridized carbons (Fsp3) is 0.667. The van der Waals surface area contributed by atoms with Crippen molar-refractivity contribution in [3.05, 3.63) is 18.0 Å². The van der Waals surface area contributed by atoms with E-state index in [2.05, 4.69) is 20.6 Å². The lowest BCUT2D eigenvalue weighted by molar-refractivity contribution is 0.0936. The summed E-state index contributed by atoms with van der Waals surface area (Å²) in [5, 5.41) is 6.03. The van der Waals surface area contributed by atoms with E-state index in [1.165, 1.54) is 19.3 Å². The SMILES string of the molecule is O=C(NC1CCS(=O)(=O)C1)c1ccnc(NC2CCCCC2)n1. The minimum absolute atomic E-state index is 0.0109. The summed E-state index contributed by atoms with van der Waals surface area (Å²) in [6, 6.07) is 1.59. The molecule has 1 aliphatic carbocycles. The van der Waals surface area contributed by atoms with Gasteiger partial charge < -0.3 is 10.6 Å². The highest BCUT2D eigenvalue weighted by molar-refractivity contribution is 7.91. The Labute approximate surface area is 136 Å². The normalized spacial score (nSPS) is 24.3. The van der Waals surface area contributed by atoms with E-state index in [0.717, 1.165) is 12.8 Å². The molecule has 1 aromatic heterocycles. The summed E-state index contributed by atoms with van der Waals surface area (Å²) in [5.41, 5.74) is 0.266. The molecule has 1 saturated heterocycles. The molecule has 1 aromatic rings. The molecule has 126 valence electrons. The molecule has 1 amide bonds. The highest BCUT2D eigenvalue weighted by Crippen LogP contribution is 2.20. The Balaban J connectivity index is 1.61. The molecule has 2 aliphatic rings. The number of hydrogen-bond donors (Lipinski definition) is 2. The predicted octanol–water partition coefficient (Wildman–Crippen LogP) is 1.14. The lowest BCUT2D eigenvalue weighted by Crippen LogP contribution is -2.36. The van der Waals surface area contributed by atoms with Crippen LogP contribution in [0.4, 0.5) is 5.95 Å². The molecule has 1 atom stereocenters. The summed E-state index contributed by atoms with van der Waals surface area (Å²) in [6.07, 6.45) is 7.89. The summed E-state index contributed by atoms with van der Waals surface area (Å²) in [7, 11) is -3.01. The Morgan fingerprint density at radius 3 is 2.61 bits per heavy atom. The zero-order valence-corrected chi connectivity index (χ0v) is 13.8. The number of nitrogens with one attached hydrogen (secondary N) is 2. The van der Waals surface area contributed by atoms with Crippen LogP contribution >= 0.6 is 0 Å². The van der Waals surface area contributed by atoms with Crippen LogP contribution in [0.25, 0.3) is 0 Å². The van der Waals surface area contributed by atoms with Crippen LogP contribution in [0, 0.1) is 0 Å². The molecule has 1 unspecified atom stereocenters. The van der Waals surface area contributed by atoms with Gasteiger partial charge in [0.05, 0.1) is 11.5 Å². The van der Waals surface area contributed by atoms with E-state index < -0.39 is 9.84 Å². The highest BCUT2D eigenvalue weighted by Gasteiger charge is 2.29. The number of carbonyl (C=O) groups excluding carboxylic acids is 1. The average Bonchev–Trinajstić information content (AvgIpc) is 2.87. The maximum absolute atomic E-state index is 12.2. The zero-order chi connectivity index (χ0) is 16.3. The summed E-state index contributed by atoms with van der Waals surface area (Å²) in [4.78, 5) is 20.7. The second-order valence-electron chi connectivity index (χ2n) is 6.32. The number of aromatic nitrogens is 2. The third-order valence-electron chi connectivity index (χ3n) is 4.39. The van der Waals surface area contributed by atoms with Crippen molar-refractivity contribution in [3.8, 4) is 0 Å². The van der Waals surface area contributed by atoms with Gasteiger partial charge in [0, 0.05) is 18.3 Å². The van der Waals surface area contributed by atoms with E-state index in [1.54, 1.807) is 12.3 Å². The Morgan fingerprint density at radius 1 is 1.13 bits per heavy atom. The molecular formula is C15H22N4O3S. The van der Waals surface area contributed by atoms with Crippen molar-refractivity contribution in [2.24, 2.45) is 0 Å². The van der Waals surface area contributed by atoms with Crippen molar-refractivity contribution in [1.29, 1.82) is 0 Å².